The molecule has 4 aromatic rings. The van der Waals surface area contributed by atoms with E-state index < -0.39 is 0 Å². The molecule has 156 valence electrons. The summed E-state index contributed by atoms with van der Waals surface area (Å²) in [6, 6.07) is 8.84. The lowest BCUT2D eigenvalue weighted by Gasteiger charge is -2.11. The van der Waals surface area contributed by atoms with Gasteiger partial charge in [-0.05, 0) is 18.6 Å². The fraction of sp³-hybridized carbons (Fsp3) is 0.350. The van der Waals surface area contributed by atoms with Gasteiger partial charge in [0.2, 0.25) is 5.78 Å². The van der Waals surface area contributed by atoms with Gasteiger partial charge < -0.3 is 0 Å². The minimum Gasteiger partial charge on any atom is -0.300 e. The molecule has 0 fully saturated rings. The van der Waals surface area contributed by atoms with E-state index in [1.165, 1.54) is 29.4 Å². The van der Waals surface area contributed by atoms with Crippen LogP contribution < -0.4 is 16.8 Å². The molecule has 0 aliphatic rings. The van der Waals surface area contributed by atoms with E-state index in [4.69, 9.17) is 0 Å². The normalized spacial score (nSPS) is 11.6. The van der Waals surface area contributed by atoms with E-state index in [1.54, 1.807) is 17.7 Å². The lowest BCUT2D eigenvalue weighted by molar-refractivity contribution is 0.620. The van der Waals surface area contributed by atoms with E-state index in [1.807, 2.05) is 22.6 Å². The highest BCUT2D eigenvalue weighted by Crippen LogP contribution is 2.24. The van der Waals surface area contributed by atoms with Crippen molar-refractivity contribution in [3.8, 4) is 0 Å². The Morgan fingerprint density at radius 2 is 1.80 bits per heavy atom. The molecular weight excluding hydrogens is 404 g/mol. The molecule has 0 aliphatic carbocycles. The lowest BCUT2D eigenvalue weighted by Crippen LogP contribution is -2.37. The highest BCUT2D eigenvalue weighted by Gasteiger charge is 2.17. The Balaban J connectivity index is 1.83. The van der Waals surface area contributed by atoms with Crippen molar-refractivity contribution in [2.24, 2.45) is 14.1 Å². The molecule has 3 aromatic heterocycles. The van der Waals surface area contributed by atoms with Gasteiger partial charge in [-0.25, -0.2) is 4.79 Å². The Labute approximate surface area is 175 Å². The number of aromatic nitrogens is 6. The maximum atomic E-state index is 13.0. The summed E-state index contributed by atoms with van der Waals surface area (Å²) < 4.78 is 6.06. The first kappa shape index (κ1) is 20.1. The second-order valence-corrected chi connectivity index (χ2v) is 8.05. The van der Waals surface area contributed by atoms with Gasteiger partial charge in [0.1, 0.15) is 0 Å². The third-order valence-electron chi connectivity index (χ3n) is 5.19. The van der Waals surface area contributed by atoms with E-state index in [9.17, 15) is 14.4 Å². The lowest BCUT2D eigenvalue weighted by atomic mass is 10.2. The standard InChI is InChI=1S/C20H22N6O3S/c1-4-5-10-25-17(28)14-8-6-7-9-15(14)26-18(25)21-22-19(26)30-12-13-11-16(27)24(3)20(29)23(13)2/h6-9,11H,4-5,10,12H2,1-3H3. The number of aryl methyl sites for hydroxylation is 1. The molecule has 30 heavy (non-hydrogen) atoms. The zero-order chi connectivity index (χ0) is 21.4. The predicted molar refractivity (Wildman–Crippen MR) is 116 cm³/mol. The maximum Gasteiger partial charge on any atom is 0.330 e. The molecule has 0 amide bonds. The van der Waals surface area contributed by atoms with Gasteiger partial charge in [-0.15, -0.1) is 10.2 Å². The fourth-order valence-electron chi connectivity index (χ4n) is 3.40. The van der Waals surface area contributed by atoms with E-state index in [2.05, 4.69) is 17.1 Å². The smallest absolute Gasteiger partial charge is 0.300 e. The number of hydrogen-bond acceptors (Lipinski definition) is 6. The van der Waals surface area contributed by atoms with Crippen LogP contribution in [0, 0.1) is 0 Å². The van der Waals surface area contributed by atoms with E-state index in [-0.39, 0.29) is 16.8 Å². The topological polar surface area (TPSA) is 96.2 Å². The van der Waals surface area contributed by atoms with Crippen LogP contribution >= 0.6 is 11.8 Å². The molecule has 0 aliphatic heterocycles. The third kappa shape index (κ3) is 3.26. The molecule has 0 saturated heterocycles. The van der Waals surface area contributed by atoms with E-state index in [0.717, 1.165) is 22.9 Å². The number of rotatable bonds is 6. The Kier molecular flexibility index (Phi) is 5.33. The van der Waals surface area contributed by atoms with Crippen molar-refractivity contribution < 1.29 is 0 Å². The Bertz CT molecular complexity index is 1430. The average Bonchev–Trinajstić information content (AvgIpc) is 3.18. The van der Waals surface area contributed by atoms with E-state index in [0.29, 0.717) is 34.3 Å². The molecular formula is C20H22N6O3S. The highest BCUT2D eigenvalue weighted by atomic mass is 32.2. The molecule has 3 heterocycles. The van der Waals surface area contributed by atoms with Gasteiger partial charge in [-0.3, -0.25) is 27.7 Å². The molecule has 0 atom stereocenters. The van der Waals surface area contributed by atoms with Crippen molar-refractivity contribution in [2.45, 2.75) is 37.2 Å². The van der Waals surface area contributed by atoms with Crippen molar-refractivity contribution in [1.82, 2.24) is 28.3 Å². The molecule has 0 radical (unpaired) electrons. The van der Waals surface area contributed by atoms with E-state index >= 15 is 0 Å². The molecule has 0 bridgehead atoms. The molecule has 0 saturated carbocycles. The van der Waals surface area contributed by atoms with Crippen molar-refractivity contribution in [3.63, 3.8) is 0 Å². The summed E-state index contributed by atoms with van der Waals surface area (Å²) in [4.78, 5) is 37.2. The summed E-state index contributed by atoms with van der Waals surface area (Å²) in [5, 5.41) is 9.79. The number of para-hydroxylation sites is 1. The molecule has 4 rings (SSSR count). The number of fused-ring (bicyclic) bond motifs is 3. The van der Waals surface area contributed by atoms with Crippen LogP contribution in [0.5, 0.6) is 0 Å². The predicted octanol–water partition coefficient (Wildman–Crippen LogP) is 1.53. The second-order valence-electron chi connectivity index (χ2n) is 7.11. The third-order valence-corrected chi connectivity index (χ3v) is 6.15. The Morgan fingerprint density at radius 1 is 1.03 bits per heavy atom. The average molecular weight is 427 g/mol. The van der Waals surface area contributed by atoms with Gasteiger partial charge in [-0.2, -0.15) is 0 Å². The van der Waals surface area contributed by atoms with Gasteiger partial charge in [0.05, 0.1) is 10.9 Å². The molecule has 0 unspecified atom stereocenters. The Hall–Kier alpha value is -3.14. The first-order valence-electron chi connectivity index (χ1n) is 9.69. The number of nitrogens with zero attached hydrogens (tertiary/aromatic N) is 6. The quantitative estimate of drug-likeness (QED) is 0.434. The van der Waals surface area contributed by atoms with Crippen LogP contribution in [-0.2, 0) is 26.4 Å². The van der Waals surface area contributed by atoms with Crippen LogP contribution in [0.2, 0.25) is 0 Å². The van der Waals surface area contributed by atoms with Gasteiger partial charge in [0.25, 0.3) is 11.1 Å². The molecule has 10 heteroatoms. The van der Waals surface area contributed by atoms with Crippen LogP contribution in [0.25, 0.3) is 16.7 Å². The zero-order valence-electron chi connectivity index (χ0n) is 17.0. The highest BCUT2D eigenvalue weighted by molar-refractivity contribution is 7.98. The summed E-state index contributed by atoms with van der Waals surface area (Å²) >= 11 is 1.37. The largest absolute Gasteiger partial charge is 0.330 e. The van der Waals surface area contributed by atoms with Crippen LogP contribution in [0.15, 0.2) is 49.9 Å². The van der Waals surface area contributed by atoms with Crippen LogP contribution in [-0.4, -0.2) is 28.3 Å². The summed E-state index contributed by atoms with van der Waals surface area (Å²) in [7, 11) is 3.09. The molecule has 9 nitrogen and oxygen atoms in total. The van der Waals surface area contributed by atoms with Gasteiger partial charge >= 0.3 is 5.69 Å². The van der Waals surface area contributed by atoms with Crippen LogP contribution in [0.1, 0.15) is 25.5 Å². The molecule has 0 spiro atoms. The molecule has 1 aromatic carbocycles. The molecule has 0 N–H and O–H groups in total. The summed E-state index contributed by atoms with van der Waals surface area (Å²) in [5.41, 5.74) is 0.523. The number of benzene rings is 1. The van der Waals surface area contributed by atoms with Crippen molar-refractivity contribution >= 4 is 28.4 Å². The van der Waals surface area contributed by atoms with Crippen molar-refractivity contribution in [3.05, 3.63) is 67.2 Å². The summed E-state index contributed by atoms with van der Waals surface area (Å²) in [6.07, 6.45) is 1.82. The fourth-order valence-corrected chi connectivity index (χ4v) is 4.36. The van der Waals surface area contributed by atoms with Gasteiger partial charge in [-0.1, -0.05) is 37.2 Å². The van der Waals surface area contributed by atoms with Crippen LogP contribution in [0.4, 0.5) is 0 Å². The Morgan fingerprint density at radius 3 is 2.57 bits per heavy atom. The maximum absolute atomic E-state index is 13.0. The summed E-state index contributed by atoms with van der Waals surface area (Å²) in [6.45, 7) is 2.64. The minimum atomic E-state index is -0.372. The minimum absolute atomic E-state index is 0.0792. The first-order valence-corrected chi connectivity index (χ1v) is 10.7. The number of unbranched alkanes of at least 4 members (excludes halogenated alkanes) is 1. The number of hydrogen-bond donors (Lipinski definition) is 0. The zero-order valence-corrected chi connectivity index (χ0v) is 17.8. The van der Waals surface area contributed by atoms with Crippen molar-refractivity contribution in [1.29, 1.82) is 0 Å². The van der Waals surface area contributed by atoms with Gasteiger partial charge in [0, 0.05) is 38.2 Å². The number of thioether (sulfide) groups is 1. The summed E-state index contributed by atoms with van der Waals surface area (Å²) in [5.74, 6) is 0.859. The second kappa shape index (κ2) is 7.94. The monoisotopic (exact) mass is 426 g/mol. The van der Waals surface area contributed by atoms with Crippen molar-refractivity contribution in [2.75, 3.05) is 0 Å². The van der Waals surface area contributed by atoms with Gasteiger partial charge in [0.15, 0.2) is 5.16 Å². The van der Waals surface area contributed by atoms with Crippen LogP contribution in [0.3, 0.4) is 0 Å². The first-order chi connectivity index (χ1) is 14.4. The SMILES string of the molecule is CCCCn1c(=O)c2ccccc2n2c(SCc3cc(=O)n(C)c(=O)n3C)nnc12.